The molecule has 0 saturated carbocycles. The van der Waals surface area contributed by atoms with E-state index in [4.69, 9.17) is 0 Å². The fourth-order valence-corrected chi connectivity index (χ4v) is 2.25. The maximum absolute atomic E-state index is 4.29. The van der Waals surface area contributed by atoms with Crippen LogP contribution in [0.1, 0.15) is 24.9 Å². The number of nitrogens with one attached hydrogen (secondary N) is 1. The van der Waals surface area contributed by atoms with Crippen LogP contribution in [-0.2, 0) is 0 Å². The monoisotopic (exact) mass is 214 g/mol. The van der Waals surface area contributed by atoms with Crippen molar-refractivity contribution in [2.24, 2.45) is 0 Å². The fourth-order valence-electron chi connectivity index (χ4n) is 2.25. The van der Waals surface area contributed by atoms with Crippen LogP contribution in [0, 0.1) is 0 Å². The number of nitrogens with zero attached hydrogens (tertiary/aromatic N) is 3. The first-order valence-electron chi connectivity index (χ1n) is 5.55. The van der Waals surface area contributed by atoms with E-state index < -0.39 is 0 Å². The highest BCUT2D eigenvalue weighted by molar-refractivity contribution is 5.33. The molecule has 0 saturated heterocycles. The van der Waals surface area contributed by atoms with Crippen LogP contribution in [0.3, 0.4) is 0 Å². The Balaban J connectivity index is 2.04. The lowest BCUT2D eigenvalue weighted by atomic mass is 9.99. The second-order valence-corrected chi connectivity index (χ2v) is 4.24. The van der Waals surface area contributed by atoms with Gasteiger partial charge in [-0.3, -0.25) is 0 Å². The average molecular weight is 214 g/mol. The molecule has 0 aliphatic carbocycles. The summed E-state index contributed by atoms with van der Waals surface area (Å²) < 4.78 is 1.97. The van der Waals surface area contributed by atoms with E-state index in [1.165, 1.54) is 5.56 Å². The third-order valence-corrected chi connectivity index (χ3v) is 3.00. The topological polar surface area (TPSA) is 42.7 Å². The Hall–Kier alpha value is -1.84. The van der Waals surface area contributed by atoms with Crippen molar-refractivity contribution in [3.8, 4) is 0 Å². The molecule has 82 valence electrons. The zero-order chi connectivity index (χ0) is 11.0. The zero-order valence-corrected chi connectivity index (χ0v) is 9.17. The maximum atomic E-state index is 4.29. The van der Waals surface area contributed by atoms with Crippen LogP contribution in [0.2, 0.25) is 0 Å². The van der Waals surface area contributed by atoms with E-state index in [0.29, 0.717) is 12.1 Å². The van der Waals surface area contributed by atoms with Gasteiger partial charge in [-0.15, -0.1) is 0 Å². The number of benzene rings is 1. The van der Waals surface area contributed by atoms with Crippen molar-refractivity contribution in [1.82, 2.24) is 14.8 Å². The molecule has 2 atom stereocenters. The van der Waals surface area contributed by atoms with E-state index >= 15 is 0 Å². The van der Waals surface area contributed by atoms with Gasteiger partial charge in [-0.2, -0.15) is 10.1 Å². The molecule has 0 radical (unpaired) electrons. The second-order valence-electron chi connectivity index (χ2n) is 4.24. The highest BCUT2D eigenvalue weighted by Gasteiger charge is 2.26. The number of aromatic nitrogens is 3. The molecule has 3 rings (SSSR count). The van der Waals surface area contributed by atoms with Gasteiger partial charge in [0.1, 0.15) is 6.33 Å². The molecule has 2 heterocycles. The normalized spacial score (nSPS) is 23.6. The summed E-state index contributed by atoms with van der Waals surface area (Å²) in [4.78, 5) is 4.22. The van der Waals surface area contributed by atoms with Gasteiger partial charge in [0.15, 0.2) is 0 Å². The van der Waals surface area contributed by atoms with Crippen molar-refractivity contribution in [3.63, 3.8) is 0 Å². The molecule has 0 amide bonds. The molecule has 16 heavy (non-hydrogen) atoms. The number of rotatable bonds is 1. The first kappa shape index (κ1) is 9.39. The van der Waals surface area contributed by atoms with E-state index in [9.17, 15) is 0 Å². The summed E-state index contributed by atoms with van der Waals surface area (Å²) in [6.45, 7) is 2.17. The Labute approximate surface area is 94.3 Å². The highest BCUT2D eigenvalue weighted by atomic mass is 15.4. The van der Waals surface area contributed by atoms with Crippen LogP contribution in [0.5, 0.6) is 0 Å². The Morgan fingerprint density at radius 2 is 2.12 bits per heavy atom. The van der Waals surface area contributed by atoms with Crippen molar-refractivity contribution < 1.29 is 0 Å². The molecular weight excluding hydrogens is 200 g/mol. The molecule has 0 unspecified atom stereocenters. The zero-order valence-electron chi connectivity index (χ0n) is 9.17. The van der Waals surface area contributed by atoms with Crippen LogP contribution in [0.25, 0.3) is 0 Å². The third kappa shape index (κ3) is 1.46. The van der Waals surface area contributed by atoms with Crippen molar-refractivity contribution in [2.75, 3.05) is 5.32 Å². The summed E-state index contributed by atoms with van der Waals surface area (Å²) >= 11 is 0. The molecule has 1 aromatic carbocycles. The largest absolute Gasteiger partial charge is 0.352 e. The Bertz CT molecular complexity index is 477. The van der Waals surface area contributed by atoms with E-state index in [-0.39, 0.29) is 0 Å². The van der Waals surface area contributed by atoms with Crippen molar-refractivity contribution >= 4 is 5.95 Å². The summed E-state index contributed by atoms with van der Waals surface area (Å²) in [5.74, 6) is 0.868. The van der Waals surface area contributed by atoms with E-state index in [1.807, 2.05) is 10.7 Å². The van der Waals surface area contributed by atoms with Crippen LogP contribution in [0.15, 0.2) is 36.7 Å². The summed E-state index contributed by atoms with van der Waals surface area (Å²) in [6.07, 6.45) is 2.65. The lowest BCUT2D eigenvalue weighted by Gasteiger charge is -2.29. The summed E-state index contributed by atoms with van der Waals surface area (Å²) in [5.41, 5.74) is 1.29. The van der Waals surface area contributed by atoms with Crippen LogP contribution in [-0.4, -0.2) is 20.8 Å². The predicted octanol–water partition coefficient (Wildman–Crippen LogP) is 2.07. The molecule has 0 bridgehead atoms. The van der Waals surface area contributed by atoms with Gasteiger partial charge >= 0.3 is 0 Å². The molecule has 1 aliphatic rings. The molecule has 0 fully saturated rings. The smallest absolute Gasteiger partial charge is 0.221 e. The SMILES string of the molecule is C[C@@H]1C[C@@H](c2ccccc2)n2ncnc2N1. The minimum atomic E-state index is 0.301. The molecular formula is C12H14N4. The minimum absolute atomic E-state index is 0.301. The van der Waals surface area contributed by atoms with Crippen LogP contribution in [0.4, 0.5) is 5.95 Å². The van der Waals surface area contributed by atoms with E-state index in [1.54, 1.807) is 6.33 Å². The molecule has 1 N–H and O–H groups in total. The first-order valence-corrected chi connectivity index (χ1v) is 5.55. The molecule has 4 heteroatoms. The van der Waals surface area contributed by atoms with Gasteiger partial charge in [-0.25, -0.2) is 4.68 Å². The molecule has 0 spiro atoms. The summed E-state index contributed by atoms with van der Waals surface area (Å²) in [5, 5.41) is 7.62. The van der Waals surface area contributed by atoms with Gasteiger partial charge in [0, 0.05) is 6.04 Å². The second kappa shape index (κ2) is 3.63. The molecule has 2 aromatic rings. The Morgan fingerprint density at radius 3 is 2.94 bits per heavy atom. The molecule has 4 nitrogen and oxygen atoms in total. The van der Waals surface area contributed by atoms with Crippen molar-refractivity contribution in [1.29, 1.82) is 0 Å². The standard InChI is InChI=1S/C12H14N4/c1-9-7-11(10-5-3-2-4-6-10)16-12(15-9)13-8-14-16/h2-6,8-9,11H,7H2,1H3,(H,13,14,15)/t9-,11+/m1/s1. The quantitative estimate of drug-likeness (QED) is 0.790. The Morgan fingerprint density at radius 1 is 1.31 bits per heavy atom. The minimum Gasteiger partial charge on any atom is -0.352 e. The van der Waals surface area contributed by atoms with Gasteiger partial charge in [-0.05, 0) is 18.9 Å². The summed E-state index contributed by atoms with van der Waals surface area (Å²) in [6, 6.07) is 11.2. The number of fused-ring (bicyclic) bond motifs is 1. The molecule has 1 aliphatic heterocycles. The van der Waals surface area contributed by atoms with Gasteiger partial charge in [0.25, 0.3) is 0 Å². The first-order chi connectivity index (χ1) is 7.84. The molecule has 1 aromatic heterocycles. The van der Waals surface area contributed by atoms with Gasteiger partial charge in [0.05, 0.1) is 6.04 Å². The van der Waals surface area contributed by atoms with Gasteiger partial charge < -0.3 is 5.32 Å². The van der Waals surface area contributed by atoms with Crippen LogP contribution >= 0.6 is 0 Å². The maximum Gasteiger partial charge on any atom is 0.221 e. The number of hydrogen-bond acceptors (Lipinski definition) is 3. The fraction of sp³-hybridized carbons (Fsp3) is 0.333. The van der Waals surface area contributed by atoms with E-state index in [0.717, 1.165) is 12.4 Å². The van der Waals surface area contributed by atoms with E-state index in [2.05, 4.69) is 46.6 Å². The van der Waals surface area contributed by atoms with Crippen LogP contribution < -0.4 is 5.32 Å². The Kier molecular flexibility index (Phi) is 2.13. The van der Waals surface area contributed by atoms with Gasteiger partial charge in [0.2, 0.25) is 5.95 Å². The average Bonchev–Trinajstić information content (AvgIpc) is 2.77. The summed E-state index contributed by atoms with van der Waals surface area (Å²) in [7, 11) is 0. The predicted molar refractivity (Wildman–Crippen MR) is 62.3 cm³/mol. The highest BCUT2D eigenvalue weighted by Crippen LogP contribution is 2.29. The van der Waals surface area contributed by atoms with Crippen molar-refractivity contribution in [3.05, 3.63) is 42.2 Å². The third-order valence-electron chi connectivity index (χ3n) is 3.00. The number of anilines is 1. The lowest BCUT2D eigenvalue weighted by molar-refractivity contribution is 0.437. The van der Waals surface area contributed by atoms with Crippen molar-refractivity contribution in [2.45, 2.75) is 25.4 Å². The number of hydrogen-bond donors (Lipinski definition) is 1. The lowest BCUT2D eigenvalue weighted by Crippen LogP contribution is -2.31. The van der Waals surface area contributed by atoms with Gasteiger partial charge in [-0.1, -0.05) is 30.3 Å².